The molecule has 20 heavy (non-hydrogen) atoms. The Balaban J connectivity index is 0.00000200. The van der Waals surface area contributed by atoms with Gasteiger partial charge in [0.15, 0.2) is 0 Å². The first kappa shape index (κ1) is 17.1. The van der Waals surface area contributed by atoms with Crippen LogP contribution < -0.4 is 10.1 Å². The van der Waals surface area contributed by atoms with Crippen LogP contribution in [0.2, 0.25) is 0 Å². The Morgan fingerprint density at radius 3 is 2.65 bits per heavy atom. The molecule has 1 aliphatic heterocycles. The second kappa shape index (κ2) is 8.39. The van der Waals surface area contributed by atoms with Crippen molar-refractivity contribution >= 4 is 12.4 Å². The highest BCUT2D eigenvalue weighted by molar-refractivity contribution is 5.85. The number of methoxy groups -OCH3 is 1. The molecular weight excluding hydrogens is 286 g/mol. The molecule has 0 bridgehead atoms. The average molecular weight is 307 g/mol. The van der Waals surface area contributed by atoms with Crippen molar-refractivity contribution in [3.05, 3.63) is 29.6 Å². The molecule has 3 nitrogen and oxygen atoms in total. The third kappa shape index (κ3) is 4.04. The van der Waals surface area contributed by atoms with Crippen LogP contribution in [0.1, 0.15) is 18.0 Å². The van der Waals surface area contributed by atoms with E-state index in [0.29, 0.717) is 17.7 Å². The number of nitrogens with zero attached hydrogens (tertiary/aromatic N) is 1. The van der Waals surface area contributed by atoms with Crippen molar-refractivity contribution in [2.45, 2.75) is 12.5 Å². The second-order valence-corrected chi connectivity index (χ2v) is 4.67. The molecule has 1 aromatic carbocycles. The van der Waals surface area contributed by atoms with Crippen LogP contribution in [-0.4, -0.2) is 44.9 Å². The molecule has 1 aromatic rings. The fraction of sp³-hybridized carbons (Fsp3) is 0.571. The molecule has 1 aliphatic rings. The second-order valence-electron chi connectivity index (χ2n) is 4.67. The number of rotatable bonds is 5. The summed E-state index contributed by atoms with van der Waals surface area (Å²) in [6, 6.07) is 4.43. The predicted octanol–water partition coefficient (Wildman–Crippen LogP) is 2.56. The fourth-order valence-electron chi connectivity index (χ4n) is 2.54. The number of hydrogen-bond acceptors (Lipinski definition) is 3. The summed E-state index contributed by atoms with van der Waals surface area (Å²) in [6.45, 7) is 2.87. The van der Waals surface area contributed by atoms with E-state index in [0.717, 1.165) is 26.2 Å². The summed E-state index contributed by atoms with van der Waals surface area (Å²) in [5, 5.41) is 3.25. The standard InChI is InChI=1S/C14H20F2N2O.ClH/c1-19-11-2-3-13(16)12(10-11)14(4-5-15)18-8-6-17-7-9-18;/h2-3,10,14,17H,4-9H2,1H3;1H/t14-;/m0./s1. The van der Waals surface area contributed by atoms with Gasteiger partial charge in [0, 0.05) is 37.8 Å². The smallest absolute Gasteiger partial charge is 0.128 e. The zero-order valence-corrected chi connectivity index (χ0v) is 12.4. The summed E-state index contributed by atoms with van der Waals surface area (Å²) < 4.78 is 32.0. The van der Waals surface area contributed by atoms with Gasteiger partial charge >= 0.3 is 0 Å². The van der Waals surface area contributed by atoms with Crippen LogP contribution in [0, 0.1) is 5.82 Å². The first-order chi connectivity index (χ1) is 9.26. The van der Waals surface area contributed by atoms with E-state index in [1.165, 1.54) is 6.07 Å². The van der Waals surface area contributed by atoms with E-state index in [4.69, 9.17) is 4.74 Å². The molecule has 0 unspecified atom stereocenters. The SMILES string of the molecule is COc1ccc(F)c([C@H](CCF)N2CCNCC2)c1.Cl. The number of hydrogen-bond donors (Lipinski definition) is 1. The molecule has 6 heteroatoms. The summed E-state index contributed by atoms with van der Waals surface area (Å²) in [6.07, 6.45) is 0.310. The van der Waals surface area contributed by atoms with E-state index in [2.05, 4.69) is 10.2 Å². The van der Waals surface area contributed by atoms with E-state index < -0.39 is 6.67 Å². The highest BCUT2D eigenvalue weighted by Crippen LogP contribution is 2.30. The van der Waals surface area contributed by atoms with Crippen molar-refractivity contribution in [2.24, 2.45) is 0 Å². The van der Waals surface area contributed by atoms with E-state index in [9.17, 15) is 8.78 Å². The van der Waals surface area contributed by atoms with Gasteiger partial charge in [0.1, 0.15) is 11.6 Å². The summed E-state index contributed by atoms with van der Waals surface area (Å²) in [4.78, 5) is 2.13. The number of piperazine rings is 1. The maximum absolute atomic E-state index is 14.0. The third-order valence-corrected chi connectivity index (χ3v) is 3.54. The van der Waals surface area contributed by atoms with Gasteiger partial charge < -0.3 is 10.1 Å². The molecule has 0 aliphatic carbocycles. The molecule has 0 saturated carbocycles. The predicted molar refractivity (Wildman–Crippen MR) is 78.0 cm³/mol. The third-order valence-electron chi connectivity index (χ3n) is 3.54. The maximum Gasteiger partial charge on any atom is 0.128 e. The van der Waals surface area contributed by atoms with Gasteiger partial charge in [0.25, 0.3) is 0 Å². The van der Waals surface area contributed by atoms with Gasteiger partial charge in [-0.25, -0.2) is 4.39 Å². The van der Waals surface area contributed by atoms with Crippen molar-refractivity contribution in [1.29, 1.82) is 0 Å². The van der Waals surface area contributed by atoms with Crippen LogP contribution in [0.3, 0.4) is 0 Å². The van der Waals surface area contributed by atoms with Crippen molar-refractivity contribution in [3.63, 3.8) is 0 Å². The van der Waals surface area contributed by atoms with E-state index in [-0.39, 0.29) is 24.3 Å². The lowest BCUT2D eigenvalue weighted by atomic mass is 10.0. The van der Waals surface area contributed by atoms with E-state index >= 15 is 0 Å². The van der Waals surface area contributed by atoms with Gasteiger partial charge in [-0.2, -0.15) is 0 Å². The molecule has 1 fully saturated rings. The van der Waals surface area contributed by atoms with Gasteiger partial charge in [-0.3, -0.25) is 9.29 Å². The van der Waals surface area contributed by atoms with Crippen molar-refractivity contribution in [2.75, 3.05) is 40.0 Å². The molecule has 1 saturated heterocycles. The van der Waals surface area contributed by atoms with Crippen molar-refractivity contribution in [1.82, 2.24) is 10.2 Å². The van der Waals surface area contributed by atoms with Crippen molar-refractivity contribution in [3.8, 4) is 5.75 Å². The molecule has 1 N–H and O–H groups in total. The molecular formula is C14H21ClF2N2O. The Bertz CT molecular complexity index is 414. The topological polar surface area (TPSA) is 24.5 Å². The van der Waals surface area contributed by atoms with Crippen LogP contribution in [0.25, 0.3) is 0 Å². The Morgan fingerprint density at radius 1 is 1.35 bits per heavy atom. The average Bonchev–Trinajstić information content (AvgIpc) is 2.47. The maximum atomic E-state index is 14.0. The number of halogens is 3. The Kier molecular flexibility index (Phi) is 7.19. The highest BCUT2D eigenvalue weighted by atomic mass is 35.5. The monoisotopic (exact) mass is 306 g/mol. The van der Waals surface area contributed by atoms with Gasteiger partial charge in [0.05, 0.1) is 13.8 Å². The summed E-state index contributed by atoms with van der Waals surface area (Å²) in [5.41, 5.74) is 0.527. The Morgan fingerprint density at radius 2 is 2.05 bits per heavy atom. The first-order valence-electron chi connectivity index (χ1n) is 6.60. The minimum atomic E-state index is -0.453. The summed E-state index contributed by atoms with van der Waals surface area (Å²) in [5.74, 6) is 0.313. The largest absolute Gasteiger partial charge is 0.497 e. The van der Waals surface area contributed by atoms with Gasteiger partial charge in [-0.15, -0.1) is 12.4 Å². The lowest BCUT2D eigenvalue weighted by molar-refractivity contribution is 0.154. The molecule has 0 aromatic heterocycles. The minimum Gasteiger partial charge on any atom is -0.497 e. The molecule has 114 valence electrons. The van der Waals surface area contributed by atoms with Gasteiger partial charge in [-0.1, -0.05) is 0 Å². The molecule has 1 atom stereocenters. The number of benzene rings is 1. The minimum absolute atomic E-state index is 0. The molecule has 0 amide bonds. The lowest BCUT2D eigenvalue weighted by Gasteiger charge is -2.35. The molecule has 0 radical (unpaired) electrons. The lowest BCUT2D eigenvalue weighted by Crippen LogP contribution is -2.45. The highest BCUT2D eigenvalue weighted by Gasteiger charge is 2.24. The number of nitrogens with one attached hydrogen (secondary N) is 1. The first-order valence-corrected chi connectivity index (χ1v) is 6.60. The van der Waals surface area contributed by atoms with Crippen LogP contribution in [0.4, 0.5) is 8.78 Å². The van der Waals surface area contributed by atoms with E-state index in [1.54, 1.807) is 19.2 Å². The van der Waals surface area contributed by atoms with Gasteiger partial charge in [-0.05, 0) is 24.6 Å². The number of ether oxygens (including phenoxy) is 1. The Labute approximate surface area is 124 Å². The fourth-order valence-corrected chi connectivity index (χ4v) is 2.54. The van der Waals surface area contributed by atoms with Crippen LogP contribution >= 0.6 is 12.4 Å². The van der Waals surface area contributed by atoms with Gasteiger partial charge in [0.2, 0.25) is 0 Å². The summed E-state index contributed by atoms with van der Waals surface area (Å²) >= 11 is 0. The zero-order chi connectivity index (χ0) is 13.7. The number of alkyl halides is 1. The summed E-state index contributed by atoms with van der Waals surface area (Å²) in [7, 11) is 1.55. The molecule has 2 rings (SSSR count). The van der Waals surface area contributed by atoms with Crippen molar-refractivity contribution < 1.29 is 13.5 Å². The molecule has 1 heterocycles. The van der Waals surface area contributed by atoms with Crippen LogP contribution in [0.5, 0.6) is 5.75 Å². The van der Waals surface area contributed by atoms with Crippen LogP contribution in [-0.2, 0) is 0 Å². The van der Waals surface area contributed by atoms with E-state index in [1.807, 2.05) is 0 Å². The van der Waals surface area contributed by atoms with Crippen LogP contribution in [0.15, 0.2) is 18.2 Å². The quantitative estimate of drug-likeness (QED) is 0.905. The zero-order valence-electron chi connectivity index (χ0n) is 11.6. The molecule has 0 spiro atoms. The Hall–Kier alpha value is -0.910. The normalized spacial score (nSPS) is 17.4.